The van der Waals surface area contributed by atoms with Crippen LogP contribution in [0.5, 0.6) is 0 Å². The molecule has 1 unspecified atom stereocenters. The second-order valence-corrected chi connectivity index (χ2v) is 6.20. The summed E-state index contributed by atoms with van der Waals surface area (Å²) >= 11 is 12.1. The van der Waals surface area contributed by atoms with E-state index in [1.54, 1.807) is 37.4 Å². The predicted molar refractivity (Wildman–Crippen MR) is 99.7 cm³/mol. The summed E-state index contributed by atoms with van der Waals surface area (Å²) in [6.07, 6.45) is 0.651. The molecule has 5 nitrogen and oxygen atoms in total. The van der Waals surface area contributed by atoms with Crippen LogP contribution in [-0.4, -0.2) is 18.5 Å². The first-order valence-electron chi connectivity index (χ1n) is 7.06. The summed E-state index contributed by atoms with van der Waals surface area (Å²) in [7, 11) is 1.69. The number of hydrogen-bond acceptors (Lipinski definition) is 4. The summed E-state index contributed by atoms with van der Waals surface area (Å²) in [6, 6.07) is 11.6. The number of carbonyl (C=O) groups excluding carboxylic acids is 1. The summed E-state index contributed by atoms with van der Waals surface area (Å²) < 4.78 is 0. The summed E-state index contributed by atoms with van der Waals surface area (Å²) in [6.45, 7) is 4.04. The molecule has 2 aromatic carbocycles. The third-order valence-electron chi connectivity index (χ3n) is 3.52. The Balaban J connectivity index is 2.43. The highest BCUT2D eigenvalue weighted by Gasteiger charge is 2.24. The third kappa shape index (κ3) is 4.07. The van der Waals surface area contributed by atoms with E-state index in [9.17, 15) is 4.79 Å². The first-order valence-corrected chi connectivity index (χ1v) is 7.81. The molecule has 24 heavy (non-hydrogen) atoms. The number of nitrogens with zero attached hydrogens (tertiary/aromatic N) is 2. The van der Waals surface area contributed by atoms with Crippen molar-refractivity contribution in [3.05, 3.63) is 70.3 Å². The molecule has 0 bridgehead atoms. The lowest BCUT2D eigenvalue weighted by atomic mass is 10.0. The number of nitrogens with two attached hydrogens (primary N) is 2. The van der Waals surface area contributed by atoms with Crippen LogP contribution in [0.25, 0.3) is 0 Å². The maximum atomic E-state index is 11.7. The molecule has 0 aliphatic rings. The monoisotopic (exact) mass is 364 g/mol. The average Bonchev–Trinajstić information content (AvgIpc) is 2.49. The van der Waals surface area contributed by atoms with Crippen LogP contribution in [0, 0.1) is 0 Å². The van der Waals surface area contributed by atoms with Crippen LogP contribution in [0.1, 0.15) is 11.6 Å². The van der Waals surface area contributed by atoms with Crippen LogP contribution >= 0.6 is 23.2 Å². The number of likely N-dealkylation sites (N-methyl/N-ethyl adjacent to an activating group) is 1. The van der Waals surface area contributed by atoms with Crippen LogP contribution in [-0.2, 0) is 4.79 Å². The van der Waals surface area contributed by atoms with E-state index >= 15 is 0 Å². The lowest BCUT2D eigenvalue weighted by molar-refractivity contribution is -0.107. The molecule has 0 spiro atoms. The molecule has 0 saturated carbocycles. The van der Waals surface area contributed by atoms with Crippen LogP contribution in [0.4, 0.5) is 11.4 Å². The summed E-state index contributed by atoms with van der Waals surface area (Å²) in [5.74, 6) is 5.98. The number of halogens is 2. The van der Waals surface area contributed by atoms with Gasteiger partial charge in [-0.2, -0.15) is 0 Å². The Morgan fingerprint density at radius 3 is 2.17 bits per heavy atom. The quantitative estimate of drug-likeness (QED) is 0.355. The van der Waals surface area contributed by atoms with Crippen molar-refractivity contribution < 1.29 is 4.79 Å². The summed E-state index contributed by atoms with van der Waals surface area (Å²) in [5.41, 5.74) is 8.17. The lowest BCUT2D eigenvalue weighted by Gasteiger charge is -2.31. The van der Waals surface area contributed by atoms with Gasteiger partial charge in [-0.05, 0) is 35.9 Å². The predicted octanol–water partition coefficient (Wildman–Crippen LogP) is 3.60. The smallest absolute Gasteiger partial charge is 0.218 e. The highest BCUT2D eigenvalue weighted by Crippen LogP contribution is 2.32. The second-order valence-electron chi connectivity index (χ2n) is 5.33. The van der Waals surface area contributed by atoms with Gasteiger partial charge < -0.3 is 5.73 Å². The van der Waals surface area contributed by atoms with Gasteiger partial charge in [0.1, 0.15) is 0 Å². The van der Waals surface area contributed by atoms with Crippen LogP contribution in [0.15, 0.2) is 54.7 Å². The van der Waals surface area contributed by atoms with E-state index in [0.717, 1.165) is 5.56 Å². The van der Waals surface area contributed by atoms with E-state index in [1.165, 1.54) is 9.91 Å². The molecular formula is C17H18Cl2N4O. The van der Waals surface area contributed by atoms with Crippen molar-refractivity contribution in [2.45, 2.75) is 6.04 Å². The molecule has 2 rings (SSSR count). The Morgan fingerprint density at radius 2 is 1.71 bits per heavy atom. The Hall–Kier alpha value is -2.05. The molecule has 126 valence electrons. The minimum absolute atomic E-state index is 0.419. The zero-order chi connectivity index (χ0) is 17.9. The first kappa shape index (κ1) is 18.3. The Labute approximate surface area is 151 Å². The first-order chi connectivity index (χ1) is 11.3. The van der Waals surface area contributed by atoms with Crippen molar-refractivity contribution in [3.63, 3.8) is 0 Å². The van der Waals surface area contributed by atoms with Crippen LogP contribution in [0.2, 0.25) is 10.0 Å². The van der Waals surface area contributed by atoms with Gasteiger partial charge in [0.05, 0.1) is 11.7 Å². The highest BCUT2D eigenvalue weighted by molar-refractivity contribution is 6.35. The minimum atomic E-state index is -0.437. The maximum absolute atomic E-state index is 11.7. The Morgan fingerprint density at radius 1 is 1.17 bits per heavy atom. The van der Waals surface area contributed by atoms with Crippen molar-refractivity contribution >= 4 is 41.0 Å². The standard InChI is InChI=1S/C17H18Cl2N4O/c1-11(17(22(2)21)12-3-5-15(20)6-4-12)23(10-24)16-8-13(18)7-14(19)9-16/h3-10,17H,1,20-21H2,2H3. The summed E-state index contributed by atoms with van der Waals surface area (Å²) in [4.78, 5) is 13.0. The Bertz CT molecular complexity index is 727. The molecule has 0 aromatic heterocycles. The van der Waals surface area contributed by atoms with Crippen molar-refractivity contribution in [3.8, 4) is 0 Å². The fourth-order valence-corrected chi connectivity index (χ4v) is 2.96. The second kappa shape index (κ2) is 7.68. The molecule has 1 atom stereocenters. The number of nitrogen functional groups attached to an aromatic ring is 1. The average molecular weight is 365 g/mol. The minimum Gasteiger partial charge on any atom is -0.399 e. The van der Waals surface area contributed by atoms with Gasteiger partial charge in [-0.25, -0.2) is 5.01 Å². The number of amides is 1. The molecule has 1 amide bonds. The molecule has 0 fully saturated rings. The summed E-state index contributed by atoms with van der Waals surface area (Å²) in [5, 5.41) is 2.31. The normalized spacial score (nSPS) is 12.0. The van der Waals surface area contributed by atoms with Crippen molar-refractivity contribution in [2.75, 3.05) is 17.7 Å². The van der Waals surface area contributed by atoms with Gasteiger partial charge in [-0.15, -0.1) is 0 Å². The van der Waals surface area contributed by atoms with Crippen molar-refractivity contribution in [2.24, 2.45) is 5.84 Å². The van der Waals surface area contributed by atoms with E-state index in [4.69, 9.17) is 34.8 Å². The Kier molecular flexibility index (Phi) is 5.85. The van der Waals surface area contributed by atoms with Crippen LogP contribution < -0.4 is 16.5 Å². The van der Waals surface area contributed by atoms with Crippen LogP contribution in [0.3, 0.4) is 0 Å². The van der Waals surface area contributed by atoms with Gasteiger partial charge in [-0.3, -0.25) is 15.5 Å². The fourth-order valence-electron chi connectivity index (χ4n) is 2.45. The number of benzene rings is 2. The molecule has 0 aliphatic carbocycles. The topological polar surface area (TPSA) is 75.6 Å². The molecular weight excluding hydrogens is 347 g/mol. The zero-order valence-electron chi connectivity index (χ0n) is 13.1. The number of anilines is 2. The van der Waals surface area contributed by atoms with Gasteiger partial charge in [0.15, 0.2) is 0 Å². The van der Waals surface area contributed by atoms with E-state index in [-0.39, 0.29) is 0 Å². The molecule has 4 N–H and O–H groups in total. The SMILES string of the molecule is C=C(C(c1ccc(N)cc1)N(C)N)N(C=O)c1cc(Cl)cc(Cl)c1. The molecule has 0 heterocycles. The van der Waals surface area contributed by atoms with Gasteiger partial charge in [0.25, 0.3) is 0 Å². The molecule has 0 aliphatic heterocycles. The maximum Gasteiger partial charge on any atom is 0.218 e. The van der Waals surface area contributed by atoms with Crippen molar-refractivity contribution in [1.82, 2.24) is 5.01 Å². The number of carbonyl (C=O) groups is 1. The number of rotatable bonds is 6. The molecule has 7 heteroatoms. The van der Waals surface area contributed by atoms with Gasteiger partial charge in [-0.1, -0.05) is 41.9 Å². The van der Waals surface area contributed by atoms with E-state index in [0.29, 0.717) is 33.5 Å². The largest absolute Gasteiger partial charge is 0.399 e. The lowest BCUT2D eigenvalue weighted by Crippen LogP contribution is -2.37. The fraction of sp³-hybridized carbons (Fsp3) is 0.118. The van der Waals surface area contributed by atoms with Gasteiger partial charge in [0.2, 0.25) is 6.41 Å². The van der Waals surface area contributed by atoms with Gasteiger partial charge in [0, 0.05) is 28.5 Å². The van der Waals surface area contributed by atoms with E-state index in [1.807, 2.05) is 12.1 Å². The third-order valence-corrected chi connectivity index (χ3v) is 3.95. The molecule has 0 radical (unpaired) electrons. The molecule has 0 saturated heterocycles. The molecule has 2 aromatic rings. The van der Waals surface area contributed by atoms with E-state index < -0.39 is 6.04 Å². The van der Waals surface area contributed by atoms with Gasteiger partial charge >= 0.3 is 0 Å². The van der Waals surface area contributed by atoms with E-state index in [2.05, 4.69) is 6.58 Å². The number of hydrogen-bond donors (Lipinski definition) is 2. The number of hydrazine groups is 1. The zero-order valence-corrected chi connectivity index (χ0v) is 14.6. The van der Waals surface area contributed by atoms with Crippen molar-refractivity contribution in [1.29, 1.82) is 0 Å². The highest BCUT2D eigenvalue weighted by atomic mass is 35.5.